The maximum Gasteiger partial charge on any atom is 0.128 e. The lowest BCUT2D eigenvalue weighted by Gasteiger charge is -2.34. The summed E-state index contributed by atoms with van der Waals surface area (Å²) < 4.78 is 0. The molecule has 0 aromatic heterocycles. The summed E-state index contributed by atoms with van der Waals surface area (Å²) in [7, 11) is 0. The summed E-state index contributed by atoms with van der Waals surface area (Å²) in [5.74, 6) is 0. The molecule has 2 aliphatic heterocycles. The fraction of sp³-hybridized carbons (Fsp3) is 0.462. The molecule has 1 fully saturated rings. The topological polar surface area (TPSA) is 27.6 Å². The number of fused-ring (bicyclic) bond motifs is 1. The van der Waals surface area contributed by atoms with Crippen LogP contribution in [0, 0.1) is 0 Å². The highest BCUT2D eigenvalue weighted by Crippen LogP contribution is 2.28. The van der Waals surface area contributed by atoms with Crippen molar-refractivity contribution in [2.45, 2.75) is 12.6 Å². The predicted molar refractivity (Wildman–Crippen MR) is 65.8 cm³/mol. The van der Waals surface area contributed by atoms with E-state index in [1.807, 2.05) is 0 Å². The summed E-state index contributed by atoms with van der Waals surface area (Å²) in [4.78, 5) is 7.13. The van der Waals surface area contributed by atoms with Gasteiger partial charge in [0.25, 0.3) is 0 Å². The van der Waals surface area contributed by atoms with Crippen molar-refractivity contribution in [1.29, 1.82) is 0 Å². The van der Waals surface area contributed by atoms with Crippen LogP contribution in [0.1, 0.15) is 17.3 Å². The molecule has 2 heterocycles. The first-order valence-corrected chi connectivity index (χ1v) is 5.99. The van der Waals surface area contributed by atoms with Gasteiger partial charge in [-0.25, -0.2) is 0 Å². The quantitative estimate of drug-likeness (QED) is 0.762. The van der Waals surface area contributed by atoms with E-state index in [9.17, 15) is 0 Å². The average molecular weight is 215 g/mol. The number of rotatable bonds is 1. The van der Waals surface area contributed by atoms with Crippen molar-refractivity contribution in [2.75, 3.05) is 26.2 Å². The number of hydrogen-bond donors (Lipinski definition) is 1. The van der Waals surface area contributed by atoms with Crippen LogP contribution in [-0.2, 0) is 6.42 Å². The fourth-order valence-corrected chi connectivity index (χ4v) is 2.52. The molecule has 1 saturated heterocycles. The van der Waals surface area contributed by atoms with E-state index in [2.05, 4.69) is 45.7 Å². The van der Waals surface area contributed by atoms with Crippen LogP contribution in [0.25, 0.3) is 0 Å². The highest BCUT2D eigenvalue weighted by atomic mass is 15.3. The summed E-state index contributed by atoms with van der Waals surface area (Å²) >= 11 is 0. The molecule has 3 nitrogen and oxygen atoms in total. The van der Waals surface area contributed by atoms with Crippen molar-refractivity contribution in [1.82, 2.24) is 10.2 Å². The first-order valence-electron chi connectivity index (χ1n) is 5.99. The van der Waals surface area contributed by atoms with E-state index in [1.54, 1.807) is 0 Å². The van der Waals surface area contributed by atoms with Gasteiger partial charge in [-0.1, -0.05) is 24.3 Å². The Morgan fingerprint density at radius 1 is 1.19 bits per heavy atom. The molecule has 0 radical (unpaired) electrons. The number of aliphatic imine (C=N–C) groups is 1. The van der Waals surface area contributed by atoms with Gasteiger partial charge >= 0.3 is 0 Å². The van der Waals surface area contributed by atoms with Crippen LogP contribution in [-0.4, -0.2) is 37.3 Å². The fourth-order valence-electron chi connectivity index (χ4n) is 2.52. The van der Waals surface area contributed by atoms with E-state index in [-0.39, 0.29) is 6.17 Å². The van der Waals surface area contributed by atoms with E-state index in [0.717, 1.165) is 32.6 Å². The largest absolute Gasteiger partial charge is 0.314 e. The van der Waals surface area contributed by atoms with Gasteiger partial charge in [0.15, 0.2) is 0 Å². The Morgan fingerprint density at radius 3 is 2.88 bits per heavy atom. The van der Waals surface area contributed by atoms with Gasteiger partial charge in [-0.05, 0) is 11.1 Å². The molecular weight excluding hydrogens is 198 g/mol. The van der Waals surface area contributed by atoms with Crippen molar-refractivity contribution in [3.05, 3.63) is 35.4 Å². The zero-order valence-electron chi connectivity index (χ0n) is 9.39. The molecule has 1 N–H and O–H groups in total. The number of benzene rings is 1. The third kappa shape index (κ3) is 1.77. The Balaban J connectivity index is 1.89. The smallest absolute Gasteiger partial charge is 0.128 e. The minimum absolute atomic E-state index is 0.257. The molecule has 16 heavy (non-hydrogen) atoms. The molecule has 3 rings (SSSR count). The van der Waals surface area contributed by atoms with Gasteiger partial charge in [0.2, 0.25) is 0 Å². The number of hydrogen-bond acceptors (Lipinski definition) is 3. The molecule has 3 heteroatoms. The minimum Gasteiger partial charge on any atom is -0.314 e. The molecule has 1 aromatic carbocycles. The Morgan fingerprint density at radius 2 is 2.00 bits per heavy atom. The monoisotopic (exact) mass is 215 g/mol. The highest BCUT2D eigenvalue weighted by Gasteiger charge is 2.24. The van der Waals surface area contributed by atoms with Crippen molar-refractivity contribution < 1.29 is 0 Å². The summed E-state index contributed by atoms with van der Waals surface area (Å²) in [6, 6.07) is 8.68. The Hall–Kier alpha value is -1.19. The normalized spacial score (nSPS) is 25.4. The molecule has 84 valence electrons. The molecule has 0 spiro atoms. The Kier molecular flexibility index (Phi) is 2.72. The predicted octanol–water partition coefficient (Wildman–Crippen LogP) is 1.22. The van der Waals surface area contributed by atoms with Crippen molar-refractivity contribution in [3.63, 3.8) is 0 Å². The molecule has 0 saturated carbocycles. The second-order valence-corrected chi connectivity index (χ2v) is 4.39. The van der Waals surface area contributed by atoms with E-state index in [0.29, 0.717) is 0 Å². The van der Waals surface area contributed by atoms with Gasteiger partial charge < -0.3 is 5.32 Å². The van der Waals surface area contributed by atoms with Crippen molar-refractivity contribution in [3.8, 4) is 0 Å². The lowest BCUT2D eigenvalue weighted by molar-refractivity contribution is 0.177. The van der Waals surface area contributed by atoms with Gasteiger partial charge in [0.1, 0.15) is 6.17 Å². The first kappa shape index (κ1) is 10.00. The van der Waals surface area contributed by atoms with Crippen LogP contribution in [0.5, 0.6) is 0 Å². The summed E-state index contributed by atoms with van der Waals surface area (Å²) in [6.07, 6.45) is 3.31. The Labute approximate surface area is 96.2 Å². The molecule has 0 bridgehead atoms. The van der Waals surface area contributed by atoms with Crippen LogP contribution in [0.4, 0.5) is 0 Å². The van der Waals surface area contributed by atoms with Crippen LogP contribution >= 0.6 is 0 Å². The molecular formula is C13H17N3. The zero-order valence-corrected chi connectivity index (χ0v) is 9.39. The zero-order chi connectivity index (χ0) is 10.8. The van der Waals surface area contributed by atoms with E-state index in [1.165, 1.54) is 11.1 Å². The molecule has 2 aliphatic rings. The Bertz CT molecular complexity index is 394. The second kappa shape index (κ2) is 4.36. The first-order chi connectivity index (χ1) is 7.95. The van der Waals surface area contributed by atoms with Gasteiger partial charge in [-0.15, -0.1) is 0 Å². The minimum atomic E-state index is 0.257. The molecule has 1 unspecified atom stereocenters. The average Bonchev–Trinajstić information content (AvgIpc) is 2.39. The third-order valence-corrected chi connectivity index (χ3v) is 3.39. The highest BCUT2D eigenvalue weighted by molar-refractivity contribution is 5.65. The van der Waals surface area contributed by atoms with Gasteiger partial charge in [-0.3, -0.25) is 9.89 Å². The van der Waals surface area contributed by atoms with Crippen molar-refractivity contribution >= 4 is 6.21 Å². The van der Waals surface area contributed by atoms with Gasteiger partial charge in [-0.2, -0.15) is 0 Å². The molecule has 0 aliphatic carbocycles. The lowest BCUT2D eigenvalue weighted by Crippen LogP contribution is -2.45. The summed E-state index contributed by atoms with van der Waals surface area (Å²) in [5.41, 5.74) is 2.83. The van der Waals surface area contributed by atoms with E-state index >= 15 is 0 Å². The summed E-state index contributed by atoms with van der Waals surface area (Å²) in [6.45, 7) is 4.34. The molecule has 1 aromatic rings. The van der Waals surface area contributed by atoms with Gasteiger partial charge in [0.05, 0.1) is 0 Å². The van der Waals surface area contributed by atoms with Gasteiger partial charge in [0, 0.05) is 38.8 Å². The second-order valence-electron chi connectivity index (χ2n) is 4.39. The van der Waals surface area contributed by atoms with E-state index in [4.69, 9.17) is 0 Å². The van der Waals surface area contributed by atoms with Crippen molar-refractivity contribution in [2.24, 2.45) is 4.99 Å². The summed E-state index contributed by atoms with van der Waals surface area (Å²) in [5, 5.41) is 3.38. The standard InChI is InChI=1S/C13H17N3/c1-2-4-12-11(3-1)5-6-15-13(12)16-9-7-14-8-10-16/h1-4,6,13-14H,5,7-10H2. The molecule has 0 amide bonds. The maximum atomic E-state index is 4.67. The number of nitrogens with one attached hydrogen (secondary N) is 1. The third-order valence-electron chi connectivity index (χ3n) is 3.39. The van der Waals surface area contributed by atoms with Crippen LogP contribution in [0.3, 0.4) is 0 Å². The molecule has 1 atom stereocenters. The lowest BCUT2D eigenvalue weighted by atomic mass is 9.99. The number of nitrogens with zero attached hydrogens (tertiary/aromatic N) is 2. The van der Waals surface area contributed by atoms with Crippen LogP contribution in [0.15, 0.2) is 29.3 Å². The maximum absolute atomic E-state index is 4.67. The van der Waals surface area contributed by atoms with E-state index < -0.39 is 0 Å². The van der Waals surface area contributed by atoms with Crippen LogP contribution in [0.2, 0.25) is 0 Å². The SMILES string of the molecule is C1=NC(N2CCNCC2)c2ccccc2C1. The number of piperazine rings is 1. The van der Waals surface area contributed by atoms with Crippen LogP contribution < -0.4 is 5.32 Å².